The number of carbonyl (C=O) groups is 1. The molecule has 0 aliphatic rings. The minimum absolute atomic E-state index is 0.0213. The third kappa shape index (κ3) is 3.28. The Hall–Kier alpha value is -2.33. The van der Waals surface area contributed by atoms with E-state index in [1.807, 2.05) is 67.6 Å². The van der Waals surface area contributed by atoms with Gasteiger partial charge in [-0.05, 0) is 30.5 Å². The molecule has 3 rings (SSSR count). The molecule has 1 amide bonds. The van der Waals surface area contributed by atoms with Crippen LogP contribution in [0.5, 0.6) is 0 Å². The highest BCUT2D eigenvalue weighted by atomic mass is 32.2. The van der Waals surface area contributed by atoms with Crippen LogP contribution in [0.25, 0.3) is 10.8 Å². The number of rotatable bonds is 4. The summed E-state index contributed by atoms with van der Waals surface area (Å²) in [5, 5.41) is 5.82. The molecule has 1 aromatic heterocycles. The van der Waals surface area contributed by atoms with Gasteiger partial charge in [0.2, 0.25) is 5.91 Å². The molecule has 0 saturated heterocycles. The molecule has 110 valence electrons. The predicted octanol–water partition coefficient (Wildman–Crippen LogP) is 4.35. The van der Waals surface area contributed by atoms with E-state index in [0.29, 0.717) is 0 Å². The van der Waals surface area contributed by atoms with Crippen molar-refractivity contribution in [2.24, 2.45) is 0 Å². The summed E-state index contributed by atoms with van der Waals surface area (Å²) in [6.07, 6.45) is 1.73. The summed E-state index contributed by atoms with van der Waals surface area (Å²) in [5.41, 5.74) is 0.844. The third-order valence-electron chi connectivity index (χ3n) is 3.35. The fraction of sp³-hybridized carbons (Fsp3) is 0.111. The SMILES string of the molecule is C[C@H](Sc1ccccn1)C(=O)Nc1cccc2ccccc12. The van der Waals surface area contributed by atoms with E-state index in [-0.39, 0.29) is 11.2 Å². The Morgan fingerprint density at radius 3 is 2.64 bits per heavy atom. The minimum Gasteiger partial charge on any atom is -0.325 e. The van der Waals surface area contributed by atoms with E-state index in [2.05, 4.69) is 10.3 Å². The van der Waals surface area contributed by atoms with E-state index in [4.69, 9.17) is 0 Å². The maximum atomic E-state index is 12.4. The largest absolute Gasteiger partial charge is 0.325 e. The van der Waals surface area contributed by atoms with Gasteiger partial charge in [0, 0.05) is 17.3 Å². The van der Waals surface area contributed by atoms with Crippen LogP contribution in [0.3, 0.4) is 0 Å². The van der Waals surface area contributed by atoms with Crippen molar-refractivity contribution in [1.82, 2.24) is 4.98 Å². The molecule has 0 aliphatic carbocycles. The normalized spacial score (nSPS) is 12.0. The van der Waals surface area contributed by atoms with Crippen molar-refractivity contribution in [2.45, 2.75) is 17.2 Å². The summed E-state index contributed by atoms with van der Waals surface area (Å²) in [4.78, 5) is 16.6. The zero-order valence-corrected chi connectivity index (χ0v) is 13.0. The maximum absolute atomic E-state index is 12.4. The molecule has 1 N–H and O–H groups in total. The highest BCUT2D eigenvalue weighted by Gasteiger charge is 2.15. The summed E-state index contributed by atoms with van der Waals surface area (Å²) < 4.78 is 0. The fourth-order valence-electron chi connectivity index (χ4n) is 2.22. The van der Waals surface area contributed by atoms with Gasteiger partial charge in [0.1, 0.15) is 0 Å². The number of anilines is 1. The Bertz CT molecular complexity index is 784. The number of nitrogens with one attached hydrogen (secondary N) is 1. The van der Waals surface area contributed by atoms with E-state index in [9.17, 15) is 4.79 Å². The number of carbonyl (C=O) groups excluding carboxylic acids is 1. The average Bonchev–Trinajstić information content (AvgIpc) is 2.56. The van der Waals surface area contributed by atoms with Crippen molar-refractivity contribution < 1.29 is 4.79 Å². The van der Waals surface area contributed by atoms with Crippen LogP contribution in [0.2, 0.25) is 0 Å². The van der Waals surface area contributed by atoms with Crippen LogP contribution in [0.4, 0.5) is 5.69 Å². The second kappa shape index (κ2) is 6.62. The highest BCUT2D eigenvalue weighted by Crippen LogP contribution is 2.25. The number of fused-ring (bicyclic) bond motifs is 1. The molecule has 22 heavy (non-hydrogen) atoms. The Labute approximate surface area is 133 Å². The first kappa shape index (κ1) is 14.6. The van der Waals surface area contributed by atoms with Gasteiger partial charge in [0.25, 0.3) is 0 Å². The first-order valence-electron chi connectivity index (χ1n) is 7.10. The van der Waals surface area contributed by atoms with Gasteiger partial charge in [0.05, 0.1) is 10.3 Å². The number of amides is 1. The number of hydrogen-bond donors (Lipinski definition) is 1. The molecule has 0 unspecified atom stereocenters. The quantitative estimate of drug-likeness (QED) is 0.728. The first-order valence-corrected chi connectivity index (χ1v) is 7.98. The van der Waals surface area contributed by atoms with Gasteiger partial charge in [-0.1, -0.05) is 54.2 Å². The molecule has 2 aromatic carbocycles. The van der Waals surface area contributed by atoms with Gasteiger partial charge in [-0.3, -0.25) is 4.79 Å². The molecule has 3 aromatic rings. The number of aromatic nitrogens is 1. The summed E-state index contributed by atoms with van der Waals surface area (Å²) in [6, 6.07) is 19.6. The van der Waals surface area contributed by atoms with Gasteiger partial charge < -0.3 is 5.32 Å². The van der Waals surface area contributed by atoms with Crippen molar-refractivity contribution in [3.8, 4) is 0 Å². The monoisotopic (exact) mass is 308 g/mol. The lowest BCUT2D eigenvalue weighted by Crippen LogP contribution is -2.22. The number of nitrogens with zero attached hydrogens (tertiary/aromatic N) is 1. The summed E-state index contributed by atoms with van der Waals surface area (Å²) in [7, 11) is 0. The molecule has 0 radical (unpaired) electrons. The van der Waals surface area contributed by atoms with Crippen molar-refractivity contribution in [3.05, 3.63) is 66.9 Å². The van der Waals surface area contributed by atoms with Gasteiger partial charge in [-0.2, -0.15) is 0 Å². The van der Waals surface area contributed by atoms with Crippen LogP contribution in [0.1, 0.15) is 6.92 Å². The lowest BCUT2D eigenvalue weighted by molar-refractivity contribution is -0.115. The van der Waals surface area contributed by atoms with E-state index < -0.39 is 0 Å². The Morgan fingerprint density at radius 1 is 1.05 bits per heavy atom. The minimum atomic E-state index is -0.214. The number of thioether (sulfide) groups is 1. The molecule has 0 saturated carbocycles. The summed E-state index contributed by atoms with van der Waals surface area (Å²) in [6.45, 7) is 1.89. The second-order valence-electron chi connectivity index (χ2n) is 4.94. The average molecular weight is 308 g/mol. The van der Waals surface area contributed by atoms with Crippen LogP contribution in [-0.4, -0.2) is 16.1 Å². The summed E-state index contributed by atoms with van der Waals surface area (Å²) in [5.74, 6) is -0.0213. The molecular weight excluding hydrogens is 292 g/mol. The zero-order chi connectivity index (χ0) is 15.4. The number of hydrogen-bond acceptors (Lipinski definition) is 3. The van der Waals surface area contributed by atoms with Gasteiger partial charge in [-0.25, -0.2) is 4.98 Å². The molecule has 0 aliphatic heterocycles. The van der Waals surface area contributed by atoms with Crippen LogP contribution in [-0.2, 0) is 4.79 Å². The zero-order valence-electron chi connectivity index (χ0n) is 12.2. The molecule has 1 heterocycles. The van der Waals surface area contributed by atoms with E-state index >= 15 is 0 Å². The van der Waals surface area contributed by atoms with Crippen LogP contribution in [0, 0.1) is 0 Å². The van der Waals surface area contributed by atoms with E-state index in [0.717, 1.165) is 21.5 Å². The van der Waals surface area contributed by atoms with E-state index in [1.165, 1.54) is 11.8 Å². The van der Waals surface area contributed by atoms with Crippen molar-refractivity contribution >= 4 is 34.1 Å². The van der Waals surface area contributed by atoms with Gasteiger partial charge in [0.15, 0.2) is 0 Å². The molecule has 0 fully saturated rings. The topological polar surface area (TPSA) is 42.0 Å². The summed E-state index contributed by atoms with van der Waals surface area (Å²) >= 11 is 1.45. The molecule has 0 spiro atoms. The smallest absolute Gasteiger partial charge is 0.237 e. The van der Waals surface area contributed by atoms with Crippen molar-refractivity contribution in [2.75, 3.05) is 5.32 Å². The molecule has 1 atom stereocenters. The molecule has 4 heteroatoms. The standard InChI is InChI=1S/C18H16N2OS/c1-13(22-17-11-4-5-12-19-17)18(21)20-16-10-6-8-14-7-2-3-9-15(14)16/h2-13H,1H3,(H,20,21)/t13-/m0/s1. The lowest BCUT2D eigenvalue weighted by Gasteiger charge is -2.13. The van der Waals surface area contributed by atoms with Gasteiger partial charge >= 0.3 is 0 Å². The van der Waals surface area contributed by atoms with Crippen LogP contribution < -0.4 is 5.32 Å². The van der Waals surface area contributed by atoms with Crippen molar-refractivity contribution in [1.29, 1.82) is 0 Å². The first-order chi connectivity index (χ1) is 10.7. The van der Waals surface area contributed by atoms with Crippen LogP contribution in [0.15, 0.2) is 71.9 Å². The lowest BCUT2D eigenvalue weighted by atomic mass is 10.1. The molecule has 3 nitrogen and oxygen atoms in total. The predicted molar refractivity (Wildman–Crippen MR) is 92.1 cm³/mol. The number of pyridine rings is 1. The molecular formula is C18H16N2OS. The van der Waals surface area contributed by atoms with Gasteiger partial charge in [-0.15, -0.1) is 0 Å². The Balaban J connectivity index is 1.75. The Morgan fingerprint density at radius 2 is 1.82 bits per heavy atom. The number of benzene rings is 2. The Kier molecular flexibility index (Phi) is 4.39. The van der Waals surface area contributed by atoms with Crippen molar-refractivity contribution in [3.63, 3.8) is 0 Å². The fourth-order valence-corrected chi connectivity index (χ4v) is 3.03. The highest BCUT2D eigenvalue weighted by molar-refractivity contribution is 8.00. The van der Waals surface area contributed by atoms with E-state index in [1.54, 1.807) is 6.20 Å². The molecule has 0 bridgehead atoms. The third-order valence-corrected chi connectivity index (χ3v) is 4.40. The van der Waals surface area contributed by atoms with Crippen LogP contribution >= 0.6 is 11.8 Å². The second-order valence-corrected chi connectivity index (χ2v) is 6.31. The maximum Gasteiger partial charge on any atom is 0.237 e.